The quantitative estimate of drug-likeness (QED) is 0.501. The van der Waals surface area contributed by atoms with Crippen LogP contribution in [0.15, 0.2) is 47.9 Å². The summed E-state index contributed by atoms with van der Waals surface area (Å²) in [6, 6.07) is 9.87. The standard InChI is InChI=1S/C19H21N7O2S/c1-12(2)14-9-22-26-17(14)24-19(29(3,27)28)25-18(26)21-11-16-20-10-15(23-16)13-7-5-4-6-8-13/h4-10,12H,11H2,1-3H3,(H,20,23)(H,21,24,25). The number of benzene rings is 1. The summed E-state index contributed by atoms with van der Waals surface area (Å²) in [7, 11) is -3.58. The van der Waals surface area contributed by atoms with Crippen LogP contribution in [0, 0.1) is 0 Å². The molecular formula is C19H21N7O2S. The Morgan fingerprint density at radius 2 is 1.90 bits per heavy atom. The number of aromatic amines is 1. The number of hydrogen-bond acceptors (Lipinski definition) is 7. The average Bonchev–Trinajstić information content (AvgIpc) is 3.33. The smallest absolute Gasteiger partial charge is 0.252 e. The van der Waals surface area contributed by atoms with Crippen LogP contribution >= 0.6 is 0 Å². The van der Waals surface area contributed by atoms with Crippen molar-refractivity contribution >= 4 is 21.4 Å². The summed E-state index contributed by atoms with van der Waals surface area (Å²) in [4.78, 5) is 16.0. The predicted molar refractivity (Wildman–Crippen MR) is 109 cm³/mol. The van der Waals surface area contributed by atoms with Crippen LogP contribution in [0.25, 0.3) is 16.9 Å². The lowest BCUT2D eigenvalue weighted by molar-refractivity contribution is 0.592. The Kier molecular flexibility index (Phi) is 4.79. The van der Waals surface area contributed by atoms with Gasteiger partial charge in [0.05, 0.1) is 24.6 Å². The second kappa shape index (κ2) is 7.28. The molecule has 3 aromatic heterocycles. The summed E-state index contributed by atoms with van der Waals surface area (Å²) in [5, 5.41) is 7.22. The van der Waals surface area contributed by atoms with Crippen molar-refractivity contribution in [2.75, 3.05) is 11.6 Å². The minimum absolute atomic E-state index is 0.140. The molecule has 4 rings (SSSR count). The zero-order valence-corrected chi connectivity index (χ0v) is 17.1. The molecule has 0 unspecified atom stereocenters. The molecule has 0 atom stereocenters. The maximum atomic E-state index is 12.1. The first-order valence-electron chi connectivity index (χ1n) is 9.12. The van der Waals surface area contributed by atoms with Crippen molar-refractivity contribution in [1.29, 1.82) is 0 Å². The Balaban J connectivity index is 1.66. The van der Waals surface area contributed by atoms with Crippen LogP contribution in [0.4, 0.5) is 5.95 Å². The summed E-state index contributed by atoms with van der Waals surface area (Å²) < 4.78 is 25.6. The van der Waals surface area contributed by atoms with E-state index in [2.05, 4.69) is 30.4 Å². The van der Waals surface area contributed by atoms with Gasteiger partial charge in [0.1, 0.15) is 5.82 Å². The fourth-order valence-electron chi connectivity index (χ4n) is 2.94. The first-order chi connectivity index (χ1) is 13.8. The fraction of sp³-hybridized carbons (Fsp3) is 0.263. The Labute approximate surface area is 168 Å². The van der Waals surface area contributed by atoms with Crippen molar-refractivity contribution in [3.63, 3.8) is 0 Å². The Bertz CT molecular complexity index is 1260. The Hall–Kier alpha value is -3.27. The van der Waals surface area contributed by atoms with Crippen LogP contribution in [-0.4, -0.2) is 44.2 Å². The summed E-state index contributed by atoms with van der Waals surface area (Å²) in [5.41, 5.74) is 3.25. The van der Waals surface area contributed by atoms with Gasteiger partial charge in [0.15, 0.2) is 5.65 Å². The highest BCUT2D eigenvalue weighted by molar-refractivity contribution is 7.90. The normalized spacial score (nSPS) is 12.0. The predicted octanol–water partition coefficient (Wildman–Crippen LogP) is 2.65. The molecule has 10 heteroatoms. The summed E-state index contributed by atoms with van der Waals surface area (Å²) >= 11 is 0. The van der Waals surface area contributed by atoms with Crippen molar-refractivity contribution in [2.24, 2.45) is 0 Å². The van der Waals surface area contributed by atoms with E-state index in [0.29, 0.717) is 24.0 Å². The fourth-order valence-corrected chi connectivity index (χ4v) is 3.45. The number of nitrogens with zero attached hydrogens (tertiary/aromatic N) is 5. The zero-order chi connectivity index (χ0) is 20.6. The van der Waals surface area contributed by atoms with Crippen molar-refractivity contribution in [3.8, 4) is 11.3 Å². The van der Waals surface area contributed by atoms with Crippen molar-refractivity contribution in [1.82, 2.24) is 29.5 Å². The van der Waals surface area contributed by atoms with E-state index in [4.69, 9.17) is 0 Å². The van der Waals surface area contributed by atoms with Crippen LogP contribution < -0.4 is 5.32 Å². The molecule has 0 spiro atoms. The largest absolute Gasteiger partial charge is 0.347 e. The second-order valence-corrected chi connectivity index (χ2v) is 8.96. The van der Waals surface area contributed by atoms with E-state index in [0.717, 1.165) is 23.1 Å². The van der Waals surface area contributed by atoms with Gasteiger partial charge in [0.25, 0.3) is 5.16 Å². The van der Waals surface area contributed by atoms with Crippen LogP contribution in [-0.2, 0) is 16.4 Å². The highest BCUT2D eigenvalue weighted by Crippen LogP contribution is 2.22. The molecular weight excluding hydrogens is 390 g/mol. The first-order valence-corrected chi connectivity index (χ1v) is 11.0. The van der Waals surface area contributed by atoms with Gasteiger partial charge in [-0.25, -0.2) is 13.4 Å². The van der Waals surface area contributed by atoms with Gasteiger partial charge in [-0.2, -0.15) is 19.6 Å². The molecule has 0 radical (unpaired) electrons. The highest BCUT2D eigenvalue weighted by atomic mass is 32.2. The Morgan fingerprint density at radius 1 is 1.14 bits per heavy atom. The zero-order valence-electron chi connectivity index (χ0n) is 16.3. The topological polar surface area (TPSA) is 118 Å². The summed E-state index contributed by atoms with van der Waals surface area (Å²) in [5.74, 6) is 1.12. The number of fused-ring (bicyclic) bond motifs is 1. The second-order valence-electron chi connectivity index (χ2n) is 7.06. The Morgan fingerprint density at radius 3 is 2.59 bits per heavy atom. The molecule has 0 saturated carbocycles. The van der Waals surface area contributed by atoms with Gasteiger partial charge in [0.2, 0.25) is 15.8 Å². The minimum Gasteiger partial charge on any atom is -0.347 e. The van der Waals surface area contributed by atoms with E-state index in [-0.39, 0.29) is 11.1 Å². The third-order valence-corrected chi connectivity index (χ3v) is 5.30. The molecule has 0 saturated heterocycles. The molecule has 0 aliphatic carbocycles. The highest BCUT2D eigenvalue weighted by Gasteiger charge is 2.20. The van der Waals surface area contributed by atoms with E-state index >= 15 is 0 Å². The van der Waals surface area contributed by atoms with E-state index in [1.54, 1.807) is 12.4 Å². The number of aromatic nitrogens is 6. The molecule has 0 amide bonds. The third-order valence-electron chi connectivity index (χ3n) is 4.46. The summed E-state index contributed by atoms with van der Waals surface area (Å²) in [6.07, 6.45) is 4.54. The lowest BCUT2D eigenvalue weighted by Gasteiger charge is -2.09. The minimum atomic E-state index is -3.58. The van der Waals surface area contributed by atoms with Crippen LogP contribution in [0.1, 0.15) is 31.2 Å². The van der Waals surface area contributed by atoms with Gasteiger partial charge in [-0.15, -0.1) is 0 Å². The van der Waals surface area contributed by atoms with Crippen LogP contribution in [0.3, 0.4) is 0 Å². The van der Waals surface area contributed by atoms with E-state index in [1.807, 2.05) is 44.2 Å². The molecule has 0 aliphatic rings. The SMILES string of the molecule is CC(C)c1cnn2c(NCc3ncc(-c4ccccc4)[nH]3)nc(S(C)(=O)=O)nc12. The number of H-pyrrole nitrogens is 1. The van der Waals surface area contributed by atoms with Crippen molar-refractivity contribution in [2.45, 2.75) is 31.5 Å². The molecule has 1 aromatic carbocycles. The number of rotatable bonds is 6. The maximum absolute atomic E-state index is 12.1. The van der Waals surface area contributed by atoms with Gasteiger partial charge in [-0.05, 0) is 11.5 Å². The maximum Gasteiger partial charge on any atom is 0.252 e. The van der Waals surface area contributed by atoms with E-state index in [1.165, 1.54) is 4.52 Å². The van der Waals surface area contributed by atoms with Gasteiger partial charge >= 0.3 is 0 Å². The van der Waals surface area contributed by atoms with Crippen molar-refractivity contribution < 1.29 is 8.42 Å². The third kappa shape index (κ3) is 3.83. The molecule has 0 bridgehead atoms. The van der Waals surface area contributed by atoms with E-state index in [9.17, 15) is 8.42 Å². The number of imidazole rings is 1. The average molecular weight is 411 g/mol. The van der Waals surface area contributed by atoms with E-state index < -0.39 is 9.84 Å². The number of hydrogen-bond donors (Lipinski definition) is 2. The molecule has 3 heterocycles. The van der Waals surface area contributed by atoms with Crippen molar-refractivity contribution in [3.05, 3.63) is 54.1 Å². The molecule has 4 aromatic rings. The van der Waals surface area contributed by atoms with Crippen LogP contribution in [0.2, 0.25) is 0 Å². The van der Waals surface area contributed by atoms with Gasteiger partial charge < -0.3 is 10.3 Å². The van der Waals surface area contributed by atoms with Gasteiger partial charge in [-0.3, -0.25) is 0 Å². The molecule has 150 valence electrons. The van der Waals surface area contributed by atoms with Crippen LogP contribution in [0.5, 0.6) is 0 Å². The van der Waals surface area contributed by atoms with Gasteiger partial charge in [0, 0.05) is 11.8 Å². The molecule has 2 N–H and O–H groups in total. The summed E-state index contributed by atoms with van der Waals surface area (Å²) in [6.45, 7) is 4.32. The first kappa shape index (κ1) is 19.1. The lowest BCUT2D eigenvalue weighted by Crippen LogP contribution is -2.14. The molecule has 9 nitrogen and oxygen atoms in total. The number of anilines is 1. The monoisotopic (exact) mass is 411 g/mol. The van der Waals surface area contributed by atoms with Gasteiger partial charge in [-0.1, -0.05) is 44.2 Å². The molecule has 0 aliphatic heterocycles. The molecule has 29 heavy (non-hydrogen) atoms. The number of sulfone groups is 1. The molecule has 0 fully saturated rings. The number of nitrogens with one attached hydrogen (secondary N) is 2. The lowest BCUT2D eigenvalue weighted by atomic mass is 10.1.